The third-order valence-corrected chi connectivity index (χ3v) is 4.17. The van der Waals surface area contributed by atoms with E-state index in [0.29, 0.717) is 6.54 Å². The molecule has 1 aromatic heterocycles. The predicted octanol–water partition coefficient (Wildman–Crippen LogP) is 0.634. The van der Waals surface area contributed by atoms with Crippen molar-refractivity contribution in [2.45, 2.75) is 45.1 Å². The van der Waals surface area contributed by atoms with Gasteiger partial charge in [-0.3, -0.25) is 18.7 Å². The average Bonchev–Trinajstić information content (AvgIpc) is 2.49. The van der Waals surface area contributed by atoms with Crippen LogP contribution in [0.1, 0.15) is 38.5 Å². The Morgan fingerprint density at radius 2 is 2.00 bits per heavy atom. The molecule has 1 aromatic rings. The lowest BCUT2D eigenvalue weighted by molar-refractivity contribution is -0.121. The zero-order valence-corrected chi connectivity index (χ0v) is 12.5. The van der Waals surface area contributed by atoms with Crippen molar-refractivity contribution in [1.29, 1.82) is 0 Å². The second kappa shape index (κ2) is 7.24. The van der Waals surface area contributed by atoms with Crippen molar-refractivity contribution in [3.05, 3.63) is 33.1 Å². The Labute approximate surface area is 123 Å². The maximum Gasteiger partial charge on any atom is 0.331 e. The van der Waals surface area contributed by atoms with E-state index in [-0.39, 0.29) is 18.0 Å². The lowest BCUT2D eigenvalue weighted by atomic mass is 9.87. The summed E-state index contributed by atoms with van der Waals surface area (Å²) in [6.45, 7) is 0.613. The van der Waals surface area contributed by atoms with Gasteiger partial charge in [-0.15, -0.1) is 0 Å². The van der Waals surface area contributed by atoms with E-state index in [9.17, 15) is 14.4 Å². The summed E-state index contributed by atoms with van der Waals surface area (Å²) in [5.41, 5.74) is -0.834. The molecule has 1 amide bonds. The zero-order valence-electron chi connectivity index (χ0n) is 12.5. The lowest BCUT2D eigenvalue weighted by Crippen LogP contribution is -2.40. The summed E-state index contributed by atoms with van der Waals surface area (Å²) in [6.07, 6.45) is 8.82. The van der Waals surface area contributed by atoms with Crippen molar-refractivity contribution >= 4 is 5.91 Å². The first kappa shape index (κ1) is 15.5. The molecule has 0 radical (unpaired) electrons. The molecule has 1 fully saturated rings. The normalized spacial score (nSPS) is 15.9. The quantitative estimate of drug-likeness (QED) is 0.865. The van der Waals surface area contributed by atoms with Gasteiger partial charge < -0.3 is 5.32 Å². The smallest absolute Gasteiger partial charge is 0.331 e. The van der Waals surface area contributed by atoms with Crippen molar-refractivity contribution in [2.24, 2.45) is 13.0 Å². The number of carbonyl (C=O) groups excluding carboxylic acids is 1. The van der Waals surface area contributed by atoms with Crippen LogP contribution in [0.2, 0.25) is 0 Å². The van der Waals surface area contributed by atoms with E-state index in [2.05, 4.69) is 5.32 Å². The number of aromatic nitrogens is 2. The van der Waals surface area contributed by atoms with Crippen LogP contribution in [0.15, 0.2) is 21.9 Å². The number of rotatable bonds is 5. The average molecular weight is 293 g/mol. The van der Waals surface area contributed by atoms with E-state index in [1.807, 2.05) is 0 Å². The number of hydrogen-bond donors (Lipinski definition) is 1. The molecule has 0 aromatic carbocycles. The molecular formula is C15H23N3O3. The monoisotopic (exact) mass is 293 g/mol. The molecule has 0 unspecified atom stereocenters. The van der Waals surface area contributed by atoms with Crippen LogP contribution in [-0.4, -0.2) is 21.6 Å². The van der Waals surface area contributed by atoms with Crippen molar-refractivity contribution < 1.29 is 4.79 Å². The first-order chi connectivity index (χ1) is 10.1. The van der Waals surface area contributed by atoms with E-state index in [1.165, 1.54) is 56.0 Å². The summed E-state index contributed by atoms with van der Waals surface area (Å²) in [4.78, 5) is 34.9. The van der Waals surface area contributed by atoms with Gasteiger partial charge in [-0.05, 0) is 12.3 Å². The Morgan fingerprint density at radius 3 is 2.71 bits per heavy atom. The summed E-state index contributed by atoms with van der Waals surface area (Å²) in [5, 5.41) is 2.85. The molecule has 116 valence electrons. The molecule has 21 heavy (non-hydrogen) atoms. The van der Waals surface area contributed by atoms with Crippen LogP contribution < -0.4 is 16.6 Å². The van der Waals surface area contributed by atoms with Gasteiger partial charge in [0.15, 0.2) is 0 Å². The first-order valence-corrected chi connectivity index (χ1v) is 7.61. The molecule has 0 spiro atoms. The molecule has 0 bridgehead atoms. The number of nitrogens with zero attached hydrogens (tertiary/aromatic N) is 2. The Morgan fingerprint density at radius 1 is 1.29 bits per heavy atom. The van der Waals surface area contributed by atoms with Crippen molar-refractivity contribution in [1.82, 2.24) is 14.5 Å². The second-order valence-electron chi connectivity index (χ2n) is 5.77. The fourth-order valence-electron chi connectivity index (χ4n) is 2.84. The molecule has 1 aliphatic carbocycles. The number of carbonyl (C=O) groups is 1. The molecule has 0 atom stereocenters. The number of amides is 1. The molecule has 0 saturated heterocycles. The van der Waals surface area contributed by atoms with E-state index in [1.54, 1.807) is 0 Å². The zero-order chi connectivity index (χ0) is 15.2. The SMILES string of the molecule is Cn1c(=O)ccn(CC(=O)NCCC2CCCCC2)c1=O. The van der Waals surface area contributed by atoms with Crippen LogP contribution in [0.5, 0.6) is 0 Å². The maximum absolute atomic E-state index is 11.8. The van der Waals surface area contributed by atoms with E-state index in [0.717, 1.165) is 16.9 Å². The molecule has 1 saturated carbocycles. The van der Waals surface area contributed by atoms with E-state index < -0.39 is 5.69 Å². The van der Waals surface area contributed by atoms with Gasteiger partial charge in [0.05, 0.1) is 0 Å². The van der Waals surface area contributed by atoms with Crippen LogP contribution in [-0.2, 0) is 18.4 Å². The Balaban J connectivity index is 1.80. The summed E-state index contributed by atoms with van der Waals surface area (Å²) < 4.78 is 2.24. The Bertz CT molecular complexity index is 597. The third-order valence-electron chi connectivity index (χ3n) is 4.17. The topological polar surface area (TPSA) is 73.1 Å². The van der Waals surface area contributed by atoms with E-state index in [4.69, 9.17) is 0 Å². The van der Waals surface area contributed by atoms with Crippen molar-refractivity contribution in [2.75, 3.05) is 6.54 Å². The fourth-order valence-corrected chi connectivity index (χ4v) is 2.84. The highest BCUT2D eigenvalue weighted by Crippen LogP contribution is 2.25. The summed E-state index contributed by atoms with van der Waals surface area (Å²) in [6, 6.07) is 1.29. The van der Waals surface area contributed by atoms with Crippen LogP contribution in [0.4, 0.5) is 0 Å². The maximum atomic E-state index is 11.8. The number of hydrogen-bond acceptors (Lipinski definition) is 3. The fraction of sp³-hybridized carbons (Fsp3) is 0.667. The van der Waals surface area contributed by atoms with Gasteiger partial charge >= 0.3 is 5.69 Å². The van der Waals surface area contributed by atoms with Gasteiger partial charge in [0.2, 0.25) is 5.91 Å². The first-order valence-electron chi connectivity index (χ1n) is 7.61. The molecule has 6 heteroatoms. The van der Waals surface area contributed by atoms with Gasteiger partial charge in [-0.1, -0.05) is 32.1 Å². The second-order valence-corrected chi connectivity index (χ2v) is 5.77. The van der Waals surface area contributed by atoms with Gasteiger partial charge in [0.1, 0.15) is 6.54 Å². The van der Waals surface area contributed by atoms with E-state index >= 15 is 0 Å². The summed E-state index contributed by atoms with van der Waals surface area (Å²) in [5.74, 6) is 0.533. The molecular weight excluding hydrogens is 270 g/mol. The molecule has 1 N–H and O–H groups in total. The van der Waals surface area contributed by atoms with Crippen LogP contribution >= 0.6 is 0 Å². The van der Waals surface area contributed by atoms with Gasteiger partial charge in [-0.25, -0.2) is 4.79 Å². The predicted molar refractivity (Wildman–Crippen MR) is 80.1 cm³/mol. The van der Waals surface area contributed by atoms with Crippen molar-refractivity contribution in [3.8, 4) is 0 Å². The Hall–Kier alpha value is -1.85. The largest absolute Gasteiger partial charge is 0.355 e. The molecule has 1 heterocycles. The highest BCUT2D eigenvalue weighted by Gasteiger charge is 2.13. The highest BCUT2D eigenvalue weighted by atomic mass is 16.2. The van der Waals surface area contributed by atoms with Crippen molar-refractivity contribution in [3.63, 3.8) is 0 Å². The third kappa shape index (κ3) is 4.31. The highest BCUT2D eigenvalue weighted by molar-refractivity contribution is 5.75. The minimum Gasteiger partial charge on any atom is -0.355 e. The minimum atomic E-state index is -0.468. The number of nitrogens with one attached hydrogen (secondary N) is 1. The summed E-state index contributed by atoms with van der Waals surface area (Å²) in [7, 11) is 1.40. The minimum absolute atomic E-state index is 0.0440. The van der Waals surface area contributed by atoms with Gasteiger partial charge in [0.25, 0.3) is 5.56 Å². The lowest BCUT2D eigenvalue weighted by Gasteiger charge is -2.21. The van der Waals surface area contributed by atoms with Crippen LogP contribution in [0, 0.1) is 5.92 Å². The molecule has 2 rings (SSSR count). The molecule has 6 nitrogen and oxygen atoms in total. The van der Waals surface area contributed by atoms with Gasteiger partial charge in [0, 0.05) is 25.9 Å². The van der Waals surface area contributed by atoms with Gasteiger partial charge in [-0.2, -0.15) is 0 Å². The molecule has 1 aliphatic rings. The molecule has 0 aliphatic heterocycles. The Kier molecular flexibility index (Phi) is 5.36. The standard InChI is InChI=1S/C15H23N3O3/c1-17-14(20)8-10-18(15(17)21)11-13(19)16-9-7-12-5-3-2-4-6-12/h8,10,12H,2-7,9,11H2,1H3,(H,16,19). The van der Waals surface area contributed by atoms with Crippen LogP contribution in [0.25, 0.3) is 0 Å². The summed E-state index contributed by atoms with van der Waals surface area (Å²) >= 11 is 0. The van der Waals surface area contributed by atoms with Crippen LogP contribution in [0.3, 0.4) is 0 Å².